The van der Waals surface area contributed by atoms with Crippen molar-refractivity contribution in [3.63, 3.8) is 0 Å². The quantitative estimate of drug-likeness (QED) is 0.653. The van der Waals surface area contributed by atoms with Crippen LogP contribution in [0.15, 0.2) is 48.5 Å². The van der Waals surface area contributed by atoms with Crippen LogP contribution in [0.3, 0.4) is 0 Å². The fourth-order valence-corrected chi connectivity index (χ4v) is 2.95. The zero-order valence-corrected chi connectivity index (χ0v) is 13.3. The number of nitro groups is 1. The molecule has 1 fully saturated rings. The molecule has 0 unspecified atom stereocenters. The maximum absolute atomic E-state index is 12.3. The Kier molecular flexibility index (Phi) is 4.46. The highest BCUT2D eigenvalue weighted by Gasteiger charge is 2.45. The van der Waals surface area contributed by atoms with Gasteiger partial charge in [0.2, 0.25) is 5.91 Å². The molecule has 1 aliphatic carbocycles. The number of ether oxygens (including phenoxy) is 1. The molecule has 6 nitrogen and oxygen atoms in total. The summed E-state index contributed by atoms with van der Waals surface area (Å²) in [6.07, 6.45) is 0.767. The second kappa shape index (κ2) is 6.70. The monoisotopic (exact) mass is 326 g/mol. The van der Waals surface area contributed by atoms with Gasteiger partial charge in [-0.2, -0.15) is 0 Å². The lowest BCUT2D eigenvalue weighted by Crippen LogP contribution is -2.25. The van der Waals surface area contributed by atoms with E-state index in [-0.39, 0.29) is 30.0 Å². The van der Waals surface area contributed by atoms with Crippen LogP contribution in [-0.2, 0) is 11.3 Å². The molecular weight excluding hydrogens is 308 g/mol. The molecule has 0 heterocycles. The Bertz CT molecular complexity index is 775. The Labute approximate surface area is 139 Å². The summed E-state index contributed by atoms with van der Waals surface area (Å²) in [5.41, 5.74) is 1.56. The Morgan fingerprint density at radius 3 is 2.71 bits per heavy atom. The minimum atomic E-state index is -0.434. The SMILES string of the molecule is COc1ccccc1[C@@H]1C[C@@H]1C(=O)NCc1ccccc1[N+](=O)[O-]. The van der Waals surface area contributed by atoms with Crippen molar-refractivity contribution in [1.29, 1.82) is 0 Å². The number of nitrogens with one attached hydrogen (secondary N) is 1. The molecular formula is C18H18N2O4. The van der Waals surface area contributed by atoms with Gasteiger partial charge in [-0.05, 0) is 24.0 Å². The predicted octanol–water partition coefficient (Wildman–Crippen LogP) is 3.02. The summed E-state index contributed by atoms with van der Waals surface area (Å²) >= 11 is 0. The van der Waals surface area contributed by atoms with Crippen molar-refractivity contribution in [2.45, 2.75) is 18.9 Å². The van der Waals surface area contributed by atoms with Gasteiger partial charge in [-0.3, -0.25) is 14.9 Å². The molecule has 2 aromatic carbocycles. The first kappa shape index (κ1) is 16.0. The number of para-hydroxylation sites is 2. The van der Waals surface area contributed by atoms with Gasteiger partial charge in [0.1, 0.15) is 5.75 Å². The third-order valence-corrected chi connectivity index (χ3v) is 4.31. The molecule has 6 heteroatoms. The summed E-state index contributed by atoms with van der Waals surface area (Å²) in [4.78, 5) is 22.9. The standard InChI is InChI=1S/C18H18N2O4/c1-24-17-9-5-3-7-13(17)14-10-15(14)18(21)19-11-12-6-2-4-8-16(12)20(22)23/h2-9,14-15H,10-11H2,1H3,(H,19,21)/t14-,15-/m0/s1. The number of rotatable bonds is 6. The molecule has 1 saturated carbocycles. The molecule has 3 rings (SSSR count). The number of hydrogen-bond donors (Lipinski definition) is 1. The summed E-state index contributed by atoms with van der Waals surface area (Å²) in [7, 11) is 1.62. The maximum Gasteiger partial charge on any atom is 0.274 e. The second-order valence-corrected chi connectivity index (χ2v) is 5.79. The molecule has 0 aromatic heterocycles. The van der Waals surface area contributed by atoms with E-state index in [1.807, 2.05) is 24.3 Å². The molecule has 124 valence electrons. The fraction of sp³-hybridized carbons (Fsp3) is 0.278. The van der Waals surface area contributed by atoms with Gasteiger partial charge in [-0.25, -0.2) is 0 Å². The number of nitro benzene ring substituents is 1. The molecule has 1 aliphatic rings. The summed E-state index contributed by atoms with van der Waals surface area (Å²) in [5, 5.41) is 13.8. The van der Waals surface area contributed by atoms with Crippen molar-refractivity contribution in [3.05, 3.63) is 69.8 Å². The molecule has 0 spiro atoms. The third-order valence-electron chi connectivity index (χ3n) is 4.31. The normalized spacial score (nSPS) is 18.7. The minimum absolute atomic E-state index is 0.0230. The van der Waals surface area contributed by atoms with Crippen molar-refractivity contribution < 1.29 is 14.5 Å². The number of nitrogens with zero attached hydrogens (tertiary/aromatic N) is 1. The van der Waals surface area contributed by atoms with Crippen LogP contribution < -0.4 is 10.1 Å². The van der Waals surface area contributed by atoms with E-state index in [1.54, 1.807) is 25.3 Å². The van der Waals surface area contributed by atoms with Gasteiger partial charge in [0, 0.05) is 24.1 Å². The lowest BCUT2D eigenvalue weighted by atomic mass is 10.1. The smallest absolute Gasteiger partial charge is 0.274 e. The molecule has 0 bridgehead atoms. The first-order chi connectivity index (χ1) is 11.6. The first-order valence-electron chi connectivity index (χ1n) is 7.74. The summed E-state index contributed by atoms with van der Waals surface area (Å²) in [6, 6.07) is 14.1. The third kappa shape index (κ3) is 3.22. The van der Waals surface area contributed by atoms with Crippen LogP contribution in [0.2, 0.25) is 0 Å². The van der Waals surface area contributed by atoms with E-state index in [1.165, 1.54) is 6.07 Å². The van der Waals surface area contributed by atoms with Gasteiger partial charge < -0.3 is 10.1 Å². The van der Waals surface area contributed by atoms with Crippen LogP contribution in [-0.4, -0.2) is 17.9 Å². The lowest BCUT2D eigenvalue weighted by Gasteiger charge is -2.08. The zero-order valence-electron chi connectivity index (χ0n) is 13.3. The van der Waals surface area contributed by atoms with E-state index in [0.717, 1.165) is 17.7 Å². The van der Waals surface area contributed by atoms with E-state index in [4.69, 9.17) is 4.74 Å². The Morgan fingerprint density at radius 1 is 1.25 bits per heavy atom. The van der Waals surface area contributed by atoms with Crippen LogP contribution in [0.1, 0.15) is 23.5 Å². The minimum Gasteiger partial charge on any atom is -0.496 e. The molecule has 0 aliphatic heterocycles. The van der Waals surface area contributed by atoms with E-state index >= 15 is 0 Å². The van der Waals surface area contributed by atoms with Crippen LogP contribution in [0.4, 0.5) is 5.69 Å². The number of hydrogen-bond acceptors (Lipinski definition) is 4. The average molecular weight is 326 g/mol. The largest absolute Gasteiger partial charge is 0.496 e. The van der Waals surface area contributed by atoms with E-state index in [9.17, 15) is 14.9 Å². The van der Waals surface area contributed by atoms with Crippen LogP contribution in [0.5, 0.6) is 5.75 Å². The van der Waals surface area contributed by atoms with Crippen molar-refractivity contribution in [1.82, 2.24) is 5.32 Å². The van der Waals surface area contributed by atoms with E-state index < -0.39 is 4.92 Å². The van der Waals surface area contributed by atoms with Gasteiger partial charge in [-0.1, -0.05) is 36.4 Å². The van der Waals surface area contributed by atoms with Crippen molar-refractivity contribution >= 4 is 11.6 Å². The number of amides is 1. The molecule has 24 heavy (non-hydrogen) atoms. The van der Waals surface area contributed by atoms with Gasteiger partial charge in [0.25, 0.3) is 5.69 Å². The predicted molar refractivity (Wildman–Crippen MR) is 88.8 cm³/mol. The second-order valence-electron chi connectivity index (χ2n) is 5.79. The fourth-order valence-electron chi connectivity index (χ4n) is 2.95. The molecule has 0 radical (unpaired) electrons. The van der Waals surface area contributed by atoms with Gasteiger partial charge >= 0.3 is 0 Å². The lowest BCUT2D eigenvalue weighted by molar-refractivity contribution is -0.385. The number of methoxy groups -OCH3 is 1. The Hall–Kier alpha value is -2.89. The van der Waals surface area contributed by atoms with Gasteiger partial charge in [-0.15, -0.1) is 0 Å². The van der Waals surface area contributed by atoms with Crippen LogP contribution in [0.25, 0.3) is 0 Å². The summed E-state index contributed by atoms with van der Waals surface area (Å²) in [5.74, 6) is 0.747. The van der Waals surface area contributed by atoms with Crippen molar-refractivity contribution in [3.8, 4) is 5.75 Å². The number of carbonyl (C=O) groups is 1. The first-order valence-corrected chi connectivity index (χ1v) is 7.74. The van der Waals surface area contributed by atoms with Crippen molar-refractivity contribution in [2.24, 2.45) is 5.92 Å². The topological polar surface area (TPSA) is 81.5 Å². The van der Waals surface area contributed by atoms with Crippen LogP contribution >= 0.6 is 0 Å². The molecule has 2 atom stereocenters. The molecule has 0 saturated heterocycles. The van der Waals surface area contributed by atoms with E-state index in [2.05, 4.69) is 5.32 Å². The van der Waals surface area contributed by atoms with E-state index in [0.29, 0.717) is 5.56 Å². The highest BCUT2D eigenvalue weighted by molar-refractivity contribution is 5.83. The highest BCUT2D eigenvalue weighted by atomic mass is 16.6. The highest BCUT2D eigenvalue weighted by Crippen LogP contribution is 2.50. The molecule has 1 amide bonds. The van der Waals surface area contributed by atoms with Crippen molar-refractivity contribution in [2.75, 3.05) is 7.11 Å². The zero-order chi connectivity index (χ0) is 17.1. The van der Waals surface area contributed by atoms with Gasteiger partial charge in [0.05, 0.1) is 12.0 Å². The molecule has 1 N–H and O–H groups in total. The summed E-state index contributed by atoms with van der Waals surface area (Å²) in [6.45, 7) is 0.158. The Balaban J connectivity index is 1.63. The average Bonchev–Trinajstić information content (AvgIpc) is 3.40. The molecule has 2 aromatic rings. The Morgan fingerprint density at radius 2 is 1.96 bits per heavy atom. The number of carbonyl (C=O) groups excluding carboxylic acids is 1. The number of benzene rings is 2. The maximum atomic E-state index is 12.3. The van der Waals surface area contributed by atoms with Crippen LogP contribution in [0, 0.1) is 16.0 Å². The van der Waals surface area contributed by atoms with Gasteiger partial charge in [0.15, 0.2) is 0 Å². The summed E-state index contributed by atoms with van der Waals surface area (Å²) < 4.78 is 5.34.